The molecule has 0 fully saturated rings. The summed E-state index contributed by atoms with van der Waals surface area (Å²) >= 11 is 15.1. The number of anilines is 2. The third-order valence-corrected chi connectivity index (χ3v) is 4.70. The third kappa shape index (κ3) is 4.81. The summed E-state index contributed by atoms with van der Waals surface area (Å²) in [5.74, 6) is 0.650. The minimum atomic E-state index is 0.479. The fourth-order valence-corrected chi connectivity index (χ4v) is 3.10. The topological polar surface area (TPSA) is 41.9 Å². The molecule has 0 aliphatic heterocycles. The summed E-state index contributed by atoms with van der Waals surface area (Å²) in [7, 11) is 0. The standard InChI is InChI=1S/C18H16BrClN4S/c1-12-6-8-14(9-7-12)21-18(25)22-17-15(19)11-24(23-17)10-13-4-2-3-5-16(13)20/h2-9,11H,10H2,1H3,(H2,21,22,23,25). The predicted octanol–water partition coefficient (Wildman–Crippen LogP) is 5.46. The quantitative estimate of drug-likeness (QED) is 0.534. The molecular weight excluding hydrogens is 420 g/mol. The summed E-state index contributed by atoms with van der Waals surface area (Å²) in [4.78, 5) is 0. The molecule has 7 heteroatoms. The van der Waals surface area contributed by atoms with Gasteiger partial charge in [0.25, 0.3) is 0 Å². The number of aryl methyl sites for hydroxylation is 1. The molecule has 0 bridgehead atoms. The maximum Gasteiger partial charge on any atom is 0.176 e. The highest BCUT2D eigenvalue weighted by molar-refractivity contribution is 9.10. The number of halogens is 2. The Balaban J connectivity index is 1.67. The number of thiocarbonyl (C=S) groups is 1. The van der Waals surface area contributed by atoms with Crippen LogP contribution in [0.2, 0.25) is 5.02 Å². The van der Waals surface area contributed by atoms with Crippen LogP contribution in [0, 0.1) is 6.92 Å². The van der Waals surface area contributed by atoms with E-state index in [1.54, 1.807) is 0 Å². The van der Waals surface area contributed by atoms with E-state index in [2.05, 4.69) is 31.7 Å². The molecule has 2 N–H and O–H groups in total. The molecule has 0 amide bonds. The number of hydrogen-bond acceptors (Lipinski definition) is 2. The van der Waals surface area contributed by atoms with Crippen LogP contribution in [0.4, 0.5) is 11.5 Å². The summed E-state index contributed by atoms with van der Waals surface area (Å²) in [5.41, 5.74) is 3.13. The Hall–Kier alpha value is -1.89. The lowest BCUT2D eigenvalue weighted by atomic mass is 10.2. The molecule has 1 aromatic heterocycles. The summed E-state index contributed by atoms with van der Waals surface area (Å²) < 4.78 is 2.63. The molecule has 3 rings (SSSR count). The zero-order valence-electron chi connectivity index (χ0n) is 13.5. The predicted molar refractivity (Wildman–Crippen MR) is 112 cm³/mol. The van der Waals surface area contributed by atoms with Crippen LogP contribution in [0.3, 0.4) is 0 Å². The van der Waals surface area contributed by atoms with Crippen molar-refractivity contribution in [3.63, 3.8) is 0 Å². The van der Waals surface area contributed by atoms with Crippen molar-refractivity contribution >= 4 is 56.4 Å². The van der Waals surface area contributed by atoms with Gasteiger partial charge in [0.05, 0.1) is 11.0 Å². The second-order valence-electron chi connectivity index (χ2n) is 5.56. The molecule has 0 atom stereocenters. The number of benzene rings is 2. The summed E-state index contributed by atoms with van der Waals surface area (Å²) in [6.45, 7) is 2.63. The van der Waals surface area contributed by atoms with E-state index in [1.165, 1.54) is 5.56 Å². The van der Waals surface area contributed by atoms with Crippen LogP contribution in [0.5, 0.6) is 0 Å². The zero-order valence-corrected chi connectivity index (χ0v) is 16.6. The van der Waals surface area contributed by atoms with Gasteiger partial charge < -0.3 is 10.6 Å². The minimum Gasteiger partial charge on any atom is -0.332 e. The van der Waals surface area contributed by atoms with Crippen molar-refractivity contribution in [3.05, 3.63) is 75.4 Å². The Morgan fingerprint density at radius 1 is 1.16 bits per heavy atom. The number of rotatable bonds is 4. The molecule has 2 aromatic carbocycles. The molecule has 0 saturated carbocycles. The maximum atomic E-state index is 6.21. The van der Waals surface area contributed by atoms with E-state index < -0.39 is 0 Å². The number of hydrogen-bond donors (Lipinski definition) is 2. The highest BCUT2D eigenvalue weighted by Gasteiger charge is 2.10. The van der Waals surface area contributed by atoms with Crippen molar-refractivity contribution in [3.8, 4) is 0 Å². The maximum absolute atomic E-state index is 6.21. The van der Waals surface area contributed by atoms with Gasteiger partial charge in [-0.05, 0) is 58.8 Å². The minimum absolute atomic E-state index is 0.479. The highest BCUT2D eigenvalue weighted by atomic mass is 79.9. The lowest BCUT2D eigenvalue weighted by molar-refractivity contribution is 0.690. The van der Waals surface area contributed by atoms with E-state index in [1.807, 2.05) is 66.3 Å². The van der Waals surface area contributed by atoms with E-state index in [-0.39, 0.29) is 0 Å². The van der Waals surface area contributed by atoms with Crippen LogP contribution in [0.15, 0.2) is 59.2 Å². The lowest BCUT2D eigenvalue weighted by Crippen LogP contribution is -2.19. The van der Waals surface area contributed by atoms with Gasteiger partial charge in [0.15, 0.2) is 10.9 Å². The molecule has 128 valence electrons. The second kappa shape index (κ2) is 7.99. The molecular formula is C18H16BrClN4S. The van der Waals surface area contributed by atoms with E-state index in [4.69, 9.17) is 23.8 Å². The average molecular weight is 436 g/mol. The second-order valence-corrected chi connectivity index (χ2v) is 7.23. The van der Waals surface area contributed by atoms with E-state index in [9.17, 15) is 0 Å². The average Bonchev–Trinajstić information content (AvgIpc) is 2.91. The van der Waals surface area contributed by atoms with E-state index in [0.717, 1.165) is 20.7 Å². The summed E-state index contributed by atoms with van der Waals surface area (Å²) in [5, 5.41) is 12.0. The Bertz CT molecular complexity index is 892. The van der Waals surface area contributed by atoms with Gasteiger partial charge in [-0.1, -0.05) is 47.5 Å². The Kier molecular flexibility index (Phi) is 5.73. The third-order valence-electron chi connectivity index (χ3n) is 3.55. The van der Waals surface area contributed by atoms with Crippen LogP contribution in [-0.2, 0) is 6.54 Å². The first-order chi connectivity index (χ1) is 12.0. The van der Waals surface area contributed by atoms with Crippen molar-refractivity contribution in [2.24, 2.45) is 0 Å². The monoisotopic (exact) mass is 434 g/mol. The normalized spacial score (nSPS) is 10.5. The molecule has 0 saturated heterocycles. The van der Waals surface area contributed by atoms with Crippen LogP contribution in [-0.4, -0.2) is 14.9 Å². The van der Waals surface area contributed by atoms with E-state index in [0.29, 0.717) is 17.5 Å². The molecule has 1 heterocycles. The summed E-state index contributed by atoms with van der Waals surface area (Å²) in [6.07, 6.45) is 1.89. The van der Waals surface area contributed by atoms with Crippen molar-refractivity contribution in [1.29, 1.82) is 0 Å². The summed E-state index contributed by atoms with van der Waals surface area (Å²) in [6, 6.07) is 15.7. The molecule has 0 aliphatic rings. The Labute approximate surface area is 165 Å². The zero-order chi connectivity index (χ0) is 17.8. The van der Waals surface area contributed by atoms with Crippen LogP contribution in [0.1, 0.15) is 11.1 Å². The van der Waals surface area contributed by atoms with Gasteiger partial charge >= 0.3 is 0 Å². The molecule has 3 aromatic rings. The molecule has 4 nitrogen and oxygen atoms in total. The smallest absolute Gasteiger partial charge is 0.176 e. The number of nitrogens with zero attached hydrogens (tertiary/aromatic N) is 2. The Morgan fingerprint density at radius 2 is 1.88 bits per heavy atom. The molecule has 0 spiro atoms. The molecule has 0 radical (unpaired) electrons. The first-order valence-electron chi connectivity index (χ1n) is 7.62. The van der Waals surface area contributed by atoms with Crippen LogP contribution >= 0.6 is 39.7 Å². The van der Waals surface area contributed by atoms with Crippen molar-refractivity contribution < 1.29 is 0 Å². The van der Waals surface area contributed by atoms with Crippen molar-refractivity contribution in [2.75, 3.05) is 10.6 Å². The van der Waals surface area contributed by atoms with Crippen LogP contribution < -0.4 is 10.6 Å². The number of aromatic nitrogens is 2. The molecule has 25 heavy (non-hydrogen) atoms. The molecule has 0 aliphatic carbocycles. The Morgan fingerprint density at radius 3 is 2.60 bits per heavy atom. The van der Waals surface area contributed by atoms with Gasteiger partial charge in [-0.2, -0.15) is 5.10 Å². The van der Waals surface area contributed by atoms with Gasteiger partial charge in [-0.25, -0.2) is 0 Å². The lowest BCUT2D eigenvalue weighted by Gasteiger charge is -2.09. The van der Waals surface area contributed by atoms with Gasteiger partial charge in [-0.15, -0.1) is 0 Å². The van der Waals surface area contributed by atoms with Gasteiger partial charge in [0.2, 0.25) is 0 Å². The first-order valence-corrected chi connectivity index (χ1v) is 9.20. The van der Waals surface area contributed by atoms with Crippen molar-refractivity contribution in [2.45, 2.75) is 13.5 Å². The SMILES string of the molecule is Cc1ccc(NC(=S)Nc2nn(Cc3ccccc3Cl)cc2Br)cc1. The fraction of sp³-hybridized carbons (Fsp3) is 0.111. The highest BCUT2D eigenvalue weighted by Crippen LogP contribution is 2.23. The first kappa shape index (κ1) is 17.9. The van der Waals surface area contributed by atoms with Crippen molar-refractivity contribution in [1.82, 2.24) is 9.78 Å². The number of nitrogens with one attached hydrogen (secondary N) is 2. The fourth-order valence-electron chi connectivity index (χ4n) is 2.27. The van der Waals surface area contributed by atoms with Crippen LogP contribution in [0.25, 0.3) is 0 Å². The largest absolute Gasteiger partial charge is 0.332 e. The van der Waals surface area contributed by atoms with Gasteiger partial charge in [0, 0.05) is 16.9 Å². The van der Waals surface area contributed by atoms with Gasteiger partial charge in [0.1, 0.15) is 0 Å². The van der Waals surface area contributed by atoms with E-state index >= 15 is 0 Å². The molecule has 0 unspecified atom stereocenters. The van der Waals surface area contributed by atoms with Gasteiger partial charge in [-0.3, -0.25) is 4.68 Å².